The monoisotopic (exact) mass is 537 g/mol. The molecule has 9 heteroatoms. The molecule has 1 atom stereocenters. The number of methoxy groups -OCH3 is 1. The minimum Gasteiger partial charge on any atom is -0.497 e. The molecule has 0 bridgehead atoms. The van der Waals surface area contributed by atoms with Crippen LogP contribution in [0.5, 0.6) is 5.75 Å². The van der Waals surface area contributed by atoms with E-state index in [1.54, 1.807) is 42.5 Å². The molecule has 0 spiro atoms. The van der Waals surface area contributed by atoms with Gasteiger partial charge in [0.15, 0.2) is 0 Å². The van der Waals surface area contributed by atoms with E-state index >= 15 is 0 Å². The van der Waals surface area contributed by atoms with E-state index in [0.717, 1.165) is 9.87 Å². The zero-order valence-electron chi connectivity index (χ0n) is 22.2. The summed E-state index contributed by atoms with van der Waals surface area (Å²) in [6, 6.07) is 22.9. The van der Waals surface area contributed by atoms with Gasteiger partial charge in [0.1, 0.15) is 18.3 Å². The quantitative estimate of drug-likeness (QED) is 0.373. The summed E-state index contributed by atoms with van der Waals surface area (Å²) in [5, 5.41) is 2.89. The number of hydrogen-bond acceptors (Lipinski definition) is 5. The van der Waals surface area contributed by atoms with Crippen molar-refractivity contribution in [3.05, 3.63) is 90.5 Å². The maximum absolute atomic E-state index is 14.0. The molecule has 1 unspecified atom stereocenters. The van der Waals surface area contributed by atoms with Crippen molar-refractivity contribution < 1.29 is 22.7 Å². The minimum absolute atomic E-state index is 0.0508. The highest BCUT2D eigenvalue weighted by atomic mass is 32.2. The van der Waals surface area contributed by atoms with Gasteiger partial charge >= 0.3 is 0 Å². The Hall–Kier alpha value is -3.85. The lowest BCUT2D eigenvalue weighted by Gasteiger charge is -2.33. The third-order valence-corrected chi connectivity index (χ3v) is 7.75. The summed E-state index contributed by atoms with van der Waals surface area (Å²) < 4.78 is 34.0. The lowest BCUT2D eigenvalue weighted by atomic mass is 10.1. The fraction of sp³-hybridized carbons (Fsp3) is 0.310. The number of hydrogen-bond donors (Lipinski definition) is 1. The minimum atomic E-state index is -4.12. The Balaban J connectivity index is 2.06. The molecule has 0 saturated heterocycles. The number of nitrogens with zero attached hydrogens (tertiary/aromatic N) is 2. The molecule has 1 N–H and O–H groups in total. The van der Waals surface area contributed by atoms with Crippen molar-refractivity contribution in [1.29, 1.82) is 0 Å². The lowest BCUT2D eigenvalue weighted by molar-refractivity contribution is -0.140. The fourth-order valence-electron chi connectivity index (χ4n) is 4.09. The zero-order valence-corrected chi connectivity index (χ0v) is 23.0. The fourth-order valence-corrected chi connectivity index (χ4v) is 5.52. The maximum atomic E-state index is 14.0. The Labute approximate surface area is 225 Å². The Morgan fingerprint density at radius 1 is 0.921 bits per heavy atom. The number of carbonyl (C=O) groups is 2. The predicted octanol–water partition coefficient (Wildman–Crippen LogP) is 4.22. The van der Waals surface area contributed by atoms with Gasteiger partial charge in [-0.15, -0.1) is 0 Å². The van der Waals surface area contributed by atoms with Gasteiger partial charge in [-0.25, -0.2) is 8.42 Å². The Kier molecular flexibility index (Phi) is 9.90. The molecule has 3 aromatic carbocycles. The van der Waals surface area contributed by atoms with Crippen LogP contribution in [0, 0.1) is 0 Å². The van der Waals surface area contributed by atoms with Crippen LogP contribution in [0.3, 0.4) is 0 Å². The summed E-state index contributed by atoms with van der Waals surface area (Å²) >= 11 is 0. The van der Waals surface area contributed by atoms with E-state index in [4.69, 9.17) is 4.74 Å². The smallest absolute Gasteiger partial charge is 0.264 e. The van der Waals surface area contributed by atoms with E-state index in [1.807, 2.05) is 51.1 Å². The van der Waals surface area contributed by atoms with Gasteiger partial charge in [0.25, 0.3) is 10.0 Å². The molecule has 0 fully saturated rings. The van der Waals surface area contributed by atoms with Gasteiger partial charge in [-0.05, 0) is 50.1 Å². The van der Waals surface area contributed by atoms with Gasteiger partial charge in [0, 0.05) is 18.7 Å². The molecule has 0 aliphatic carbocycles. The van der Waals surface area contributed by atoms with Gasteiger partial charge in [0.2, 0.25) is 11.8 Å². The van der Waals surface area contributed by atoms with Crippen molar-refractivity contribution in [2.45, 2.75) is 50.7 Å². The van der Waals surface area contributed by atoms with Crippen LogP contribution < -0.4 is 14.4 Å². The molecule has 38 heavy (non-hydrogen) atoms. The molecule has 3 aromatic rings. The molecule has 0 saturated carbocycles. The largest absolute Gasteiger partial charge is 0.497 e. The van der Waals surface area contributed by atoms with Crippen LogP contribution in [0.4, 0.5) is 5.69 Å². The molecule has 3 rings (SSSR count). The highest BCUT2D eigenvalue weighted by Gasteiger charge is 2.33. The summed E-state index contributed by atoms with van der Waals surface area (Å²) in [4.78, 5) is 28.6. The van der Waals surface area contributed by atoms with E-state index < -0.39 is 28.5 Å². The Morgan fingerprint density at radius 3 is 2.13 bits per heavy atom. The molecule has 0 aliphatic heterocycles. The molecule has 0 radical (unpaired) electrons. The topological polar surface area (TPSA) is 96.0 Å². The van der Waals surface area contributed by atoms with E-state index in [9.17, 15) is 18.0 Å². The first-order valence-electron chi connectivity index (χ1n) is 12.5. The molecule has 0 aliphatic rings. The van der Waals surface area contributed by atoms with Gasteiger partial charge in [-0.3, -0.25) is 13.9 Å². The molecule has 0 heterocycles. The highest BCUT2D eigenvalue weighted by Crippen LogP contribution is 2.27. The van der Waals surface area contributed by atoms with Crippen molar-refractivity contribution in [2.75, 3.05) is 18.0 Å². The highest BCUT2D eigenvalue weighted by molar-refractivity contribution is 7.92. The number of ether oxygens (including phenoxy) is 1. The third-order valence-electron chi connectivity index (χ3n) is 5.96. The van der Waals surface area contributed by atoms with Crippen molar-refractivity contribution in [3.8, 4) is 5.75 Å². The van der Waals surface area contributed by atoms with E-state index in [2.05, 4.69) is 5.32 Å². The summed E-state index contributed by atoms with van der Waals surface area (Å²) in [7, 11) is -2.64. The van der Waals surface area contributed by atoms with Crippen LogP contribution in [-0.4, -0.2) is 50.9 Å². The van der Waals surface area contributed by atoms with E-state index in [0.29, 0.717) is 12.2 Å². The van der Waals surface area contributed by atoms with Crippen LogP contribution in [-0.2, 0) is 26.2 Å². The van der Waals surface area contributed by atoms with Gasteiger partial charge in [0.05, 0.1) is 17.7 Å². The molecule has 8 nitrogen and oxygen atoms in total. The number of sulfonamides is 1. The van der Waals surface area contributed by atoms with Crippen molar-refractivity contribution in [2.24, 2.45) is 0 Å². The average molecular weight is 538 g/mol. The SMILES string of the molecule is CCC(C(=O)NC(C)C)N(Cc1ccccc1)C(=O)CN(c1cccc(OC)c1)S(=O)(=O)c1ccccc1. The number of carbonyl (C=O) groups excluding carboxylic acids is 2. The first-order valence-corrected chi connectivity index (χ1v) is 14.0. The first-order chi connectivity index (χ1) is 18.2. The standard InChI is InChI=1S/C29H35N3O5S/c1-5-27(29(34)30-22(2)3)31(20-23-13-8-6-9-14-23)28(33)21-32(24-15-12-16-25(19-24)37-4)38(35,36)26-17-10-7-11-18-26/h6-19,22,27H,5,20-21H2,1-4H3,(H,30,34). The number of benzene rings is 3. The Bertz CT molecular complexity index is 1310. The second-order valence-electron chi connectivity index (χ2n) is 9.12. The van der Waals surface area contributed by atoms with Gasteiger partial charge in [-0.2, -0.15) is 0 Å². The normalized spacial score (nSPS) is 12.0. The molecule has 0 aromatic heterocycles. The predicted molar refractivity (Wildman–Crippen MR) is 148 cm³/mol. The molecular weight excluding hydrogens is 502 g/mol. The van der Waals surface area contributed by atoms with Crippen LogP contribution in [0.25, 0.3) is 0 Å². The second kappa shape index (κ2) is 13.1. The van der Waals surface area contributed by atoms with E-state index in [-0.39, 0.29) is 29.1 Å². The molecular formula is C29H35N3O5S. The summed E-state index contributed by atoms with van der Waals surface area (Å²) in [5.41, 5.74) is 1.11. The van der Waals surface area contributed by atoms with Gasteiger partial charge in [-0.1, -0.05) is 61.5 Å². The van der Waals surface area contributed by atoms with E-state index in [1.165, 1.54) is 24.1 Å². The maximum Gasteiger partial charge on any atom is 0.264 e. The van der Waals surface area contributed by atoms with Crippen LogP contribution in [0.15, 0.2) is 89.8 Å². The van der Waals surface area contributed by atoms with Gasteiger partial charge < -0.3 is 15.0 Å². The number of rotatable bonds is 12. The number of nitrogens with one attached hydrogen (secondary N) is 1. The van der Waals surface area contributed by atoms with Crippen LogP contribution in [0.2, 0.25) is 0 Å². The van der Waals surface area contributed by atoms with Crippen molar-refractivity contribution in [3.63, 3.8) is 0 Å². The average Bonchev–Trinajstić information content (AvgIpc) is 2.92. The van der Waals surface area contributed by atoms with Crippen LogP contribution in [0.1, 0.15) is 32.8 Å². The lowest BCUT2D eigenvalue weighted by Crippen LogP contribution is -2.53. The zero-order chi connectivity index (χ0) is 27.7. The number of amides is 2. The summed E-state index contributed by atoms with van der Waals surface area (Å²) in [5.74, 6) is -0.334. The Morgan fingerprint density at radius 2 is 1.55 bits per heavy atom. The third kappa shape index (κ3) is 7.13. The molecule has 2 amide bonds. The molecule has 202 valence electrons. The van der Waals surface area contributed by atoms with Crippen LogP contribution >= 0.6 is 0 Å². The van der Waals surface area contributed by atoms with Crippen molar-refractivity contribution in [1.82, 2.24) is 10.2 Å². The summed E-state index contributed by atoms with van der Waals surface area (Å²) in [6.45, 7) is 5.19. The second-order valence-corrected chi connectivity index (χ2v) is 11.0. The number of anilines is 1. The van der Waals surface area contributed by atoms with Crippen molar-refractivity contribution >= 4 is 27.5 Å². The first kappa shape index (κ1) is 28.7. The summed E-state index contributed by atoms with van der Waals surface area (Å²) in [6.07, 6.45) is 0.363.